The number of carboxylic acid groups (broad SMARTS) is 2. The molecule has 2 N–H and O–H groups in total. The van der Waals surface area contributed by atoms with Gasteiger partial charge in [0.05, 0.1) is 5.56 Å². The Kier molecular flexibility index (Phi) is 7.71. The van der Waals surface area contributed by atoms with E-state index in [1.54, 1.807) is 12.3 Å². The molecule has 6 nitrogen and oxygen atoms in total. The topological polar surface area (TPSA) is 90.7 Å². The lowest BCUT2D eigenvalue weighted by atomic mass is 9.97. The summed E-state index contributed by atoms with van der Waals surface area (Å²) in [4.78, 5) is 25.5. The quantitative estimate of drug-likeness (QED) is 0.716. The summed E-state index contributed by atoms with van der Waals surface area (Å²) < 4.78 is 39.5. The number of aliphatic carboxylic acids is 2. The van der Waals surface area contributed by atoms with Gasteiger partial charge in [-0.3, -0.25) is 9.88 Å². The van der Waals surface area contributed by atoms with Crippen molar-refractivity contribution in [2.75, 3.05) is 13.6 Å². The lowest BCUT2D eigenvalue weighted by Crippen LogP contribution is -2.17. The minimum Gasteiger partial charge on any atom is -0.478 e. The molecule has 2 heterocycles. The SMILES string of the molecule is CN1CCCC1c1cncc(-c2ccccc2C(F)(F)F)c1.O=C(O)/C=C/C(=O)O. The number of nitrogens with zero attached hydrogens (tertiary/aromatic N) is 2. The van der Waals surface area contributed by atoms with E-state index in [0.29, 0.717) is 17.7 Å². The molecule has 0 amide bonds. The number of carbonyl (C=O) groups is 2. The number of pyridine rings is 1. The number of hydrogen-bond donors (Lipinski definition) is 2. The summed E-state index contributed by atoms with van der Waals surface area (Å²) in [5, 5.41) is 15.6. The van der Waals surface area contributed by atoms with Gasteiger partial charge in [0.25, 0.3) is 0 Å². The van der Waals surface area contributed by atoms with Crippen molar-refractivity contribution in [2.24, 2.45) is 0 Å². The van der Waals surface area contributed by atoms with Crippen molar-refractivity contribution in [3.63, 3.8) is 0 Å². The van der Waals surface area contributed by atoms with Crippen LogP contribution in [0.1, 0.15) is 30.0 Å². The van der Waals surface area contributed by atoms with Crippen molar-refractivity contribution in [1.29, 1.82) is 0 Å². The van der Waals surface area contributed by atoms with Crippen molar-refractivity contribution in [3.8, 4) is 11.1 Å². The minimum absolute atomic E-state index is 0.185. The third-order valence-corrected chi connectivity index (χ3v) is 4.58. The van der Waals surface area contributed by atoms with E-state index in [4.69, 9.17) is 10.2 Å². The number of benzene rings is 1. The standard InChI is InChI=1S/C17H17F3N2.C4H4O4/c1-22-8-4-7-16(22)13-9-12(10-21-11-13)14-5-2-3-6-15(14)17(18,19)20;5-3(6)1-2-4(7)8/h2-3,5-6,9-11,16H,4,7-8H2,1H3;1-2H,(H,5,6)(H,7,8)/b;2-1+. The number of alkyl halides is 3. The van der Waals surface area contributed by atoms with Crippen molar-refractivity contribution >= 4 is 11.9 Å². The van der Waals surface area contributed by atoms with E-state index in [2.05, 4.69) is 9.88 Å². The molecule has 0 radical (unpaired) electrons. The first-order valence-corrected chi connectivity index (χ1v) is 9.05. The van der Waals surface area contributed by atoms with Gasteiger partial charge >= 0.3 is 18.1 Å². The molecule has 2 aromatic rings. The Hall–Kier alpha value is -3.20. The van der Waals surface area contributed by atoms with Crippen LogP contribution >= 0.6 is 0 Å². The molecule has 160 valence electrons. The summed E-state index contributed by atoms with van der Waals surface area (Å²) in [6, 6.07) is 7.73. The van der Waals surface area contributed by atoms with E-state index >= 15 is 0 Å². The van der Waals surface area contributed by atoms with Gasteiger partial charge in [-0.1, -0.05) is 18.2 Å². The number of rotatable bonds is 4. The van der Waals surface area contributed by atoms with E-state index in [0.717, 1.165) is 31.0 Å². The number of likely N-dealkylation sites (tertiary alicyclic amines) is 1. The summed E-state index contributed by atoms with van der Waals surface area (Å²) in [6.07, 6.45) is 2.13. The summed E-state index contributed by atoms with van der Waals surface area (Å²) in [5.74, 6) is -2.51. The Morgan fingerprint density at radius 3 is 2.30 bits per heavy atom. The van der Waals surface area contributed by atoms with Gasteiger partial charge in [-0.15, -0.1) is 0 Å². The third-order valence-electron chi connectivity index (χ3n) is 4.58. The zero-order chi connectivity index (χ0) is 22.3. The molecule has 0 saturated carbocycles. The summed E-state index contributed by atoms with van der Waals surface area (Å²) in [5.41, 5.74) is 1.07. The van der Waals surface area contributed by atoms with Crippen LogP contribution in [0.5, 0.6) is 0 Å². The lowest BCUT2D eigenvalue weighted by molar-refractivity contribution is -0.137. The molecule has 1 unspecified atom stereocenters. The van der Waals surface area contributed by atoms with Crippen molar-refractivity contribution < 1.29 is 33.0 Å². The molecule has 0 bridgehead atoms. The Morgan fingerprint density at radius 2 is 1.77 bits per heavy atom. The Bertz CT molecular complexity index is 912. The maximum absolute atomic E-state index is 13.2. The third kappa shape index (κ3) is 6.41. The van der Waals surface area contributed by atoms with E-state index in [1.807, 2.05) is 13.1 Å². The molecule has 1 fully saturated rings. The van der Waals surface area contributed by atoms with Crippen molar-refractivity contribution in [3.05, 3.63) is 66.0 Å². The molecule has 0 spiro atoms. The predicted octanol–water partition coefficient (Wildman–Crippen LogP) is 4.25. The molecule has 1 aromatic heterocycles. The minimum atomic E-state index is -4.36. The maximum atomic E-state index is 13.2. The zero-order valence-corrected chi connectivity index (χ0v) is 16.1. The molecule has 1 aliphatic heterocycles. The van der Waals surface area contributed by atoms with Crippen molar-refractivity contribution in [2.45, 2.75) is 25.1 Å². The molecule has 1 atom stereocenters. The van der Waals surface area contributed by atoms with Gasteiger partial charge in [0.1, 0.15) is 0 Å². The largest absolute Gasteiger partial charge is 0.478 e. The Labute approximate surface area is 171 Å². The Balaban J connectivity index is 0.000000343. The van der Waals surface area contributed by atoms with Crippen LogP contribution in [0.2, 0.25) is 0 Å². The number of aromatic nitrogens is 1. The summed E-state index contributed by atoms with van der Waals surface area (Å²) >= 11 is 0. The van der Waals surface area contributed by atoms with Gasteiger partial charge in [0.2, 0.25) is 0 Å². The van der Waals surface area contributed by atoms with Crippen LogP contribution in [0.4, 0.5) is 13.2 Å². The van der Waals surface area contributed by atoms with Crippen LogP contribution < -0.4 is 0 Å². The number of carboxylic acids is 2. The van der Waals surface area contributed by atoms with Crippen molar-refractivity contribution in [1.82, 2.24) is 9.88 Å². The summed E-state index contributed by atoms with van der Waals surface area (Å²) in [6.45, 7) is 1.01. The molecule has 1 aliphatic rings. The fourth-order valence-corrected chi connectivity index (χ4v) is 3.24. The van der Waals surface area contributed by atoms with Crippen LogP contribution in [0.3, 0.4) is 0 Å². The van der Waals surface area contributed by atoms with Crippen LogP contribution in [0.15, 0.2) is 54.9 Å². The number of hydrogen-bond acceptors (Lipinski definition) is 4. The van der Waals surface area contributed by atoms with Gasteiger partial charge in [-0.25, -0.2) is 9.59 Å². The van der Waals surface area contributed by atoms with E-state index in [1.165, 1.54) is 18.3 Å². The second-order valence-corrected chi connectivity index (χ2v) is 6.70. The van der Waals surface area contributed by atoms with Crippen LogP contribution in [0, 0.1) is 0 Å². The summed E-state index contributed by atoms with van der Waals surface area (Å²) in [7, 11) is 2.04. The van der Waals surface area contributed by atoms with Gasteiger partial charge < -0.3 is 10.2 Å². The van der Waals surface area contributed by atoms with Gasteiger partial charge in [0.15, 0.2) is 0 Å². The average molecular weight is 422 g/mol. The van der Waals surface area contributed by atoms with E-state index in [9.17, 15) is 22.8 Å². The highest BCUT2D eigenvalue weighted by Crippen LogP contribution is 2.38. The fraction of sp³-hybridized carbons (Fsp3) is 0.286. The highest BCUT2D eigenvalue weighted by Gasteiger charge is 2.33. The normalized spacial score (nSPS) is 16.9. The highest BCUT2D eigenvalue weighted by molar-refractivity contribution is 5.89. The maximum Gasteiger partial charge on any atom is 0.417 e. The second-order valence-electron chi connectivity index (χ2n) is 6.70. The molecule has 9 heteroatoms. The van der Waals surface area contributed by atoms with Crippen LogP contribution in [-0.4, -0.2) is 45.6 Å². The molecular formula is C21H21F3N2O4. The first-order valence-electron chi connectivity index (χ1n) is 9.05. The average Bonchev–Trinajstić information content (AvgIpc) is 3.12. The smallest absolute Gasteiger partial charge is 0.417 e. The van der Waals surface area contributed by atoms with Gasteiger partial charge in [-0.05, 0) is 49.7 Å². The lowest BCUT2D eigenvalue weighted by Gasteiger charge is -2.20. The second kappa shape index (κ2) is 10.0. The first kappa shape index (κ1) is 23.1. The molecule has 0 aliphatic carbocycles. The molecule has 1 saturated heterocycles. The molecule has 3 rings (SSSR count). The molecule has 1 aromatic carbocycles. The molecular weight excluding hydrogens is 401 g/mol. The van der Waals surface area contributed by atoms with Gasteiger partial charge in [0, 0.05) is 36.2 Å². The Morgan fingerprint density at radius 1 is 1.13 bits per heavy atom. The fourth-order valence-electron chi connectivity index (χ4n) is 3.24. The van der Waals surface area contributed by atoms with Gasteiger partial charge in [-0.2, -0.15) is 13.2 Å². The first-order chi connectivity index (χ1) is 14.1. The van der Waals surface area contributed by atoms with E-state index in [-0.39, 0.29) is 11.6 Å². The predicted molar refractivity (Wildman–Crippen MR) is 104 cm³/mol. The van der Waals surface area contributed by atoms with E-state index < -0.39 is 23.7 Å². The van der Waals surface area contributed by atoms with Crippen LogP contribution in [0.25, 0.3) is 11.1 Å². The molecule has 30 heavy (non-hydrogen) atoms. The number of halogens is 3. The highest BCUT2D eigenvalue weighted by atomic mass is 19.4. The monoisotopic (exact) mass is 422 g/mol. The zero-order valence-electron chi connectivity index (χ0n) is 16.1. The van der Waals surface area contributed by atoms with Crippen LogP contribution in [-0.2, 0) is 15.8 Å².